The number of aryl methyl sites for hydroxylation is 1. The van der Waals surface area contributed by atoms with Gasteiger partial charge in [0, 0.05) is 10.6 Å². The van der Waals surface area contributed by atoms with E-state index >= 15 is 0 Å². The Hall–Kier alpha value is -2.26. The van der Waals surface area contributed by atoms with Crippen LogP contribution in [0.25, 0.3) is 0 Å². The van der Waals surface area contributed by atoms with Gasteiger partial charge >= 0.3 is 15.5 Å². The van der Waals surface area contributed by atoms with Gasteiger partial charge in [-0.05, 0) is 49.7 Å². The van der Waals surface area contributed by atoms with Crippen molar-refractivity contribution in [2.24, 2.45) is 5.16 Å². The van der Waals surface area contributed by atoms with Crippen LogP contribution in [0.4, 0.5) is 18.9 Å². The second kappa shape index (κ2) is 8.18. The monoisotopic (exact) mass is 420 g/mol. The third-order valence-electron chi connectivity index (χ3n) is 3.44. The molecule has 2 aromatic rings. The number of hydrogen-bond donors (Lipinski definition) is 1. The van der Waals surface area contributed by atoms with E-state index < -0.39 is 15.5 Å². The predicted octanol–water partition coefficient (Wildman–Crippen LogP) is 5.10. The quantitative estimate of drug-likeness (QED) is 0.522. The number of anilines is 1. The maximum atomic E-state index is 12.7. The van der Waals surface area contributed by atoms with Crippen molar-refractivity contribution in [2.45, 2.75) is 25.8 Å². The van der Waals surface area contributed by atoms with Crippen LogP contribution in [-0.2, 0) is 10.0 Å². The van der Waals surface area contributed by atoms with E-state index in [1.807, 2.05) is 0 Å². The highest BCUT2D eigenvalue weighted by Gasteiger charge is 2.46. The van der Waals surface area contributed by atoms with E-state index in [1.165, 1.54) is 18.2 Å². The fourth-order valence-electron chi connectivity index (χ4n) is 2.10. The summed E-state index contributed by atoms with van der Waals surface area (Å²) < 4.78 is 62.6. The Labute approximate surface area is 159 Å². The normalized spacial score (nSPS) is 12.7. The number of halogens is 4. The number of alkyl halides is 3. The first kappa shape index (κ1) is 21.0. The van der Waals surface area contributed by atoms with Gasteiger partial charge in [0.05, 0.1) is 11.4 Å². The Kier molecular flexibility index (Phi) is 6.38. The minimum atomic E-state index is -5.56. The van der Waals surface area contributed by atoms with Crippen LogP contribution in [0, 0.1) is 6.92 Å². The van der Waals surface area contributed by atoms with Gasteiger partial charge in [0.25, 0.3) is 0 Å². The van der Waals surface area contributed by atoms with Crippen LogP contribution in [0.1, 0.15) is 24.5 Å². The zero-order chi connectivity index (χ0) is 20.2. The molecule has 0 aromatic heterocycles. The SMILES string of the molecule is CC/C(=N\Oc1ccc(Cl)cc1)c1cc(C)ccc1NS(=O)(=O)C(F)(F)F. The highest BCUT2D eigenvalue weighted by atomic mass is 35.5. The first-order valence-corrected chi connectivity index (χ1v) is 9.59. The van der Waals surface area contributed by atoms with Crippen molar-refractivity contribution in [1.82, 2.24) is 0 Å². The summed E-state index contributed by atoms with van der Waals surface area (Å²) in [6, 6.07) is 10.6. The average Bonchev–Trinajstić information content (AvgIpc) is 2.58. The van der Waals surface area contributed by atoms with Crippen LogP contribution in [0.5, 0.6) is 5.75 Å². The van der Waals surface area contributed by atoms with Crippen molar-refractivity contribution in [3.05, 3.63) is 58.6 Å². The largest absolute Gasteiger partial charge is 0.516 e. The van der Waals surface area contributed by atoms with Crippen LogP contribution in [0.3, 0.4) is 0 Å². The summed E-state index contributed by atoms with van der Waals surface area (Å²) in [5.74, 6) is 0.371. The molecule has 0 aliphatic heterocycles. The lowest BCUT2D eigenvalue weighted by molar-refractivity contribution is -0.0429. The minimum absolute atomic E-state index is 0.194. The maximum absolute atomic E-state index is 12.7. The smallest absolute Gasteiger partial charge is 0.357 e. The first-order valence-electron chi connectivity index (χ1n) is 7.73. The number of benzene rings is 2. The molecular formula is C17H16ClF3N2O3S. The van der Waals surface area contributed by atoms with E-state index in [-0.39, 0.29) is 23.4 Å². The van der Waals surface area contributed by atoms with Gasteiger partial charge in [0.1, 0.15) is 0 Å². The standard InChI is InChI=1S/C17H16ClF3N2O3S/c1-3-15(22-26-13-7-5-12(18)6-8-13)14-10-11(2)4-9-16(14)23-27(24,25)17(19,20)21/h4-10,23H,3H2,1-2H3/b22-15+. The Bertz CT molecular complexity index is 943. The summed E-state index contributed by atoms with van der Waals surface area (Å²) in [5, 5.41) is 4.47. The van der Waals surface area contributed by atoms with E-state index in [2.05, 4.69) is 5.16 Å². The summed E-state index contributed by atoms with van der Waals surface area (Å²) in [4.78, 5) is 5.29. The molecule has 0 radical (unpaired) electrons. The van der Waals surface area contributed by atoms with E-state index in [1.54, 1.807) is 42.8 Å². The molecule has 0 spiro atoms. The highest BCUT2D eigenvalue weighted by molar-refractivity contribution is 7.93. The first-order chi connectivity index (χ1) is 12.5. The molecule has 0 fully saturated rings. The van der Waals surface area contributed by atoms with Crippen molar-refractivity contribution >= 4 is 33.0 Å². The Morgan fingerprint density at radius 3 is 2.37 bits per heavy atom. The zero-order valence-electron chi connectivity index (χ0n) is 14.3. The molecule has 2 aromatic carbocycles. The molecule has 1 N–H and O–H groups in total. The van der Waals surface area contributed by atoms with Gasteiger partial charge in [-0.1, -0.05) is 35.3 Å². The lowest BCUT2D eigenvalue weighted by Crippen LogP contribution is -2.30. The Balaban J connectivity index is 2.40. The van der Waals surface area contributed by atoms with Gasteiger partial charge in [-0.2, -0.15) is 21.6 Å². The van der Waals surface area contributed by atoms with Crippen molar-refractivity contribution < 1.29 is 26.4 Å². The summed E-state index contributed by atoms with van der Waals surface area (Å²) in [7, 11) is -5.56. The van der Waals surface area contributed by atoms with Crippen LogP contribution in [-0.4, -0.2) is 19.6 Å². The molecule has 5 nitrogen and oxygen atoms in total. The second-order valence-electron chi connectivity index (χ2n) is 5.54. The Morgan fingerprint density at radius 2 is 1.81 bits per heavy atom. The van der Waals surface area contributed by atoms with E-state index in [0.29, 0.717) is 16.3 Å². The van der Waals surface area contributed by atoms with E-state index in [0.717, 1.165) is 0 Å². The summed E-state index contributed by atoms with van der Waals surface area (Å²) in [6.07, 6.45) is 0.289. The molecule has 0 heterocycles. The summed E-state index contributed by atoms with van der Waals surface area (Å²) >= 11 is 5.79. The fourth-order valence-corrected chi connectivity index (χ4v) is 2.81. The molecular weight excluding hydrogens is 405 g/mol. The number of nitrogens with zero attached hydrogens (tertiary/aromatic N) is 1. The molecule has 2 rings (SSSR count). The highest BCUT2D eigenvalue weighted by Crippen LogP contribution is 2.28. The third kappa shape index (κ3) is 5.36. The van der Waals surface area contributed by atoms with E-state index in [4.69, 9.17) is 16.4 Å². The summed E-state index contributed by atoms with van der Waals surface area (Å²) in [5.41, 5.74) is -4.49. The van der Waals surface area contributed by atoms with Gasteiger partial charge < -0.3 is 4.84 Å². The van der Waals surface area contributed by atoms with Gasteiger partial charge in [0.15, 0.2) is 5.75 Å². The van der Waals surface area contributed by atoms with Crippen molar-refractivity contribution in [3.63, 3.8) is 0 Å². The number of oxime groups is 1. The van der Waals surface area contributed by atoms with Crippen LogP contribution < -0.4 is 9.56 Å². The van der Waals surface area contributed by atoms with Crippen molar-refractivity contribution in [3.8, 4) is 5.75 Å². The number of hydrogen-bond acceptors (Lipinski definition) is 4. The van der Waals surface area contributed by atoms with Gasteiger partial charge in [-0.25, -0.2) is 0 Å². The average molecular weight is 421 g/mol. The molecule has 0 saturated heterocycles. The lowest BCUT2D eigenvalue weighted by Gasteiger charge is -2.15. The molecule has 0 unspecified atom stereocenters. The molecule has 0 aliphatic rings. The molecule has 0 aliphatic carbocycles. The maximum Gasteiger partial charge on any atom is 0.516 e. The molecule has 0 amide bonds. The minimum Gasteiger partial charge on any atom is -0.357 e. The molecule has 0 saturated carbocycles. The van der Waals surface area contributed by atoms with Crippen LogP contribution >= 0.6 is 11.6 Å². The fraction of sp³-hybridized carbons (Fsp3) is 0.235. The molecule has 0 atom stereocenters. The Morgan fingerprint density at radius 1 is 1.19 bits per heavy atom. The second-order valence-corrected chi connectivity index (χ2v) is 7.65. The third-order valence-corrected chi connectivity index (χ3v) is 4.79. The van der Waals surface area contributed by atoms with Crippen LogP contribution in [0.15, 0.2) is 47.6 Å². The lowest BCUT2D eigenvalue weighted by atomic mass is 10.0. The number of rotatable bonds is 6. The molecule has 27 heavy (non-hydrogen) atoms. The predicted molar refractivity (Wildman–Crippen MR) is 98.7 cm³/mol. The topological polar surface area (TPSA) is 67.8 Å². The van der Waals surface area contributed by atoms with Crippen molar-refractivity contribution in [2.75, 3.05) is 4.72 Å². The van der Waals surface area contributed by atoms with E-state index in [9.17, 15) is 21.6 Å². The molecule has 0 bridgehead atoms. The van der Waals surface area contributed by atoms with Gasteiger partial charge in [-0.3, -0.25) is 4.72 Å². The summed E-state index contributed by atoms with van der Waals surface area (Å²) in [6.45, 7) is 3.44. The van der Waals surface area contributed by atoms with Crippen LogP contribution in [0.2, 0.25) is 5.02 Å². The zero-order valence-corrected chi connectivity index (χ0v) is 15.9. The number of nitrogens with one attached hydrogen (secondary N) is 1. The van der Waals surface area contributed by atoms with Crippen molar-refractivity contribution in [1.29, 1.82) is 0 Å². The van der Waals surface area contributed by atoms with Gasteiger partial charge in [0.2, 0.25) is 0 Å². The molecule has 10 heteroatoms. The van der Waals surface area contributed by atoms with Gasteiger partial charge in [-0.15, -0.1) is 0 Å². The molecule has 146 valence electrons. The number of sulfonamides is 1.